The summed E-state index contributed by atoms with van der Waals surface area (Å²) in [7, 11) is 0. The summed E-state index contributed by atoms with van der Waals surface area (Å²) >= 11 is 0. The van der Waals surface area contributed by atoms with Gasteiger partial charge in [0.1, 0.15) is 12.6 Å². The van der Waals surface area contributed by atoms with Crippen molar-refractivity contribution in [3.8, 4) is 11.1 Å². The number of hydrogen-bond acceptors (Lipinski definition) is 5. The van der Waals surface area contributed by atoms with Gasteiger partial charge in [-0.05, 0) is 54.5 Å². The van der Waals surface area contributed by atoms with Crippen LogP contribution in [0.5, 0.6) is 0 Å². The molecule has 8 heteroatoms. The van der Waals surface area contributed by atoms with Crippen LogP contribution in [0.2, 0.25) is 0 Å². The number of hydrogen-bond donors (Lipinski definition) is 2. The number of rotatable bonds is 9. The van der Waals surface area contributed by atoms with Gasteiger partial charge < -0.3 is 24.8 Å². The number of amides is 2. The Balaban J connectivity index is 1.31. The molecule has 2 amide bonds. The molecule has 5 rings (SSSR count). The van der Waals surface area contributed by atoms with Crippen LogP contribution in [0.1, 0.15) is 49.3 Å². The molecule has 0 unspecified atom stereocenters. The van der Waals surface area contributed by atoms with Crippen LogP contribution in [0, 0.1) is 5.92 Å². The second kappa shape index (κ2) is 12.6. The minimum atomic E-state index is -1.05. The predicted octanol–water partition coefficient (Wildman–Crippen LogP) is 5.21. The van der Waals surface area contributed by atoms with Crippen molar-refractivity contribution in [2.45, 2.75) is 57.4 Å². The molecule has 1 saturated heterocycles. The number of piperidine rings is 1. The lowest BCUT2D eigenvalue weighted by Crippen LogP contribution is -2.59. The smallest absolute Gasteiger partial charge is 0.407 e. The quantitative estimate of drug-likeness (QED) is 0.375. The van der Waals surface area contributed by atoms with E-state index in [0.717, 1.165) is 27.8 Å². The third-order valence-electron chi connectivity index (χ3n) is 8.30. The summed E-state index contributed by atoms with van der Waals surface area (Å²) in [5.41, 5.74) is 5.37. The summed E-state index contributed by atoms with van der Waals surface area (Å²) in [4.78, 5) is 40.4. The average molecular weight is 557 g/mol. The summed E-state index contributed by atoms with van der Waals surface area (Å²) in [6.45, 7) is 4.26. The number of nitrogens with one attached hydrogen (secondary N) is 1. The Kier molecular flexibility index (Phi) is 8.69. The van der Waals surface area contributed by atoms with Crippen molar-refractivity contribution in [2.75, 3.05) is 13.2 Å². The highest BCUT2D eigenvalue weighted by atomic mass is 16.5. The number of nitrogens with zero attached hydrogens (tertiary/aromatic N) is 1. The Morgan fingerprint density at radius 3 is 2.20 bits per heavy atom. The molecule has 214 valence electrons. The van der Waals surface area contributed by atoms with Crippen molar-refractivity contribution in [3.05, 3.63) is 95.6 Å². The van der Waals surface area contributed by atoms with Crippen molar-refractivity contribution >= 4 is 18.0 Å². The van der Waals surface area contributed by atoms with Crippen molar-refractivity contribution < 1.29 is 29.0 Å². The van der Waals surface area contributed by atoms with E-state index in [1.165, 1.54) is 0 Å². The SMILES string of the molecule is C[C@H](OCc1ccccc1)[C@@H](NC(=O)OCC1c2ccccc2-c2ccccc21)C(=O)N1CCC[C@@H](C(=O)O)[C@H]1C. The first-order valence-electron chi connectivity index (χ1n) is 14.2. The van der Waals surface area contributed by atoms with Gasteiger partial charge in [0.05, 0.1) is 18.6 Å². The number of benzene rings is 3. The summed E-state index contributed by atoms with van der Waals surface area (Å²) < 4.78 is 11.8. The van der Waals surface area contributed by atoms with Crippen LogP contribution in [0.15, 0.2) is 78.9 Å². The first kappa shape index (κ1) is 28.4. The third kappa shape index (κ3) is 6.12. The van der Waals surface area contributed by atoms with Crippen molar-refractivity contribution in [1.29, 1.82) is 0 Å². The summed E-state index contributed by atoms with van der Waals surface area (Å²) in [6, 6.07) is 24.2. The molecule has 1 aliphatic heterocycles. The van der Waals surface area contributed by atoms with Gasteiger partial charge >= 0.3 is 12.1 Å². The summed E-state index contributed by atoms with van der Waals surface area (Å²) in [5, 5.41) is 12.4. The highest BCUT2D eigenvalue weighted by molar-refractivity contribution is 5.87. The first-order valence-corrected chi connectivity index (χ1v) is 14.2. The van der Waals surface area contributed by atoms with Crippen molar-refractivity contribution in [3.63, 3.8) is 0 Å². The van der Waals surface area contributed by atoms with Gasteiger partial charge in [-0.25, -0.2) is 4.79 Å². The van der Waals surface area contributed by atoms with E-state index in [-0.39, 0.29) is 25.0 Å². The zero-order valence-electron chi connectivity index (χ0n) is 23.4. The minimum Gasteiger partial charge on any atom is -0.481 e. The fourth-order valence-corrected chi connectivity index (χ4v) is 6.01. The first-order chi connectivity index (χ1) is 19.8. The van der Waals surface area contributed by atoms with Crippen molar-refractivity contribution in [1.82, 2.24) is 10.2 Å². The summed E-state index contributed by atoms with van der Waals surface area (Å²) in [5.74, 6) is -2.09. The molecular formula is C33H36N2O6. The maximum atomic E-state index is 13.8. The maximum Gasteiger partial charge on any atom is 0.407 e. The van der Waals surface area contributed by atoms with E-state index < -0.39 is 36.2 Å². The molecular weight excluding hydrogens is 520 g/mol. The molecule has 0 aromatic heterocycles. The number of carboxylic acid groups (broad SMARTS) is 1. The lowest BCUT2D eigenvalue weighted by atomic mass is 9.89. The Morgan fingerprint density at radius 1 is 0.951 bits per heavy atom. The van der Waals surface area contributed by atoms with Gasteiger partial charge in [0.2, 0.25) is 5.91 Å². The van der Waals surface area contributed by atoms with E-state index in [0.29, 0.717) is 19.4 Å². The van der Waals surface area contributed by atoms with Gasteiger partial charge in [0.15, 0.2) is 0 Å². The molecule has 0 radical (unpaired) electrons. The monoisotopic (exact) mass is 556 g/mol. The molecule has 0 bridgehead atoms. The number of fused-ring (bicyclic) bond motifs is 3. The molecule has 0 spiro atoms. The maximum absolute atomic E-state index is 13.8. The van der Waals surface area contributed by atoms with E-state index in [1.807, 2.05) is 66.7 Å². The van der Waals surface area contributed by atoms with Crippen LogP contribution in [-0.2, 0) is 25.7 Å². The zero-order valence-corrected chi connectivity index (χ0v) is 23.4. The van der Waals surface area contributed by atoms with Crippen molar-refractivity contribution in [2.24, 2.45) is 5.92 Å². The largest absolute Gasteiger partial charge is 0.481 e. The topological polar surface area (TPSA) is 105 Å². The second-order valence-corrected chi connectivity index (χ2v) is 10.8. The molecule has 8 nitrogen and oxygen atoms in total. The van der Waals surface area contributed by atoms with Gasteiger partial charge in [-0.2, -0.15) is 0 Å². The molecule has 4 atom stereocenters. The number of likely N-dealkylation sites (tertiary alicyclic amines) is 1. The highest BCUT2D eigenvalue weighted by Gasteiger charge is 2.40. The van der Waals surface area contributed by atoms with E-state index in [1.54, 1.807) is 18.7 Å². The number of carboxylic acids is 1. The lowest BCUT2D eigenvalue weighted by molar-refractivity contribution is -0.151. The fourth-order valence-electron chi connectivity index (χ4n) is 6.01. The number of carbonyl (C=O) groups excluding carboxylic acids is 2. The van der Waals surface area contributed by atoms with Gasteiger partial charge in [-0.15, -0.1) is 0 Å². The van der Waals surface area contributed by atoms with Crippen LogP contribution >= 0.6 is 0 Å². The van der Waals surface area contributed by atoms with E-state index in [2.05, 4.69) is 17.4 Å². The third-order valence-corrected chi connectivity index (χ3v) is 8.30. The predicted molar refractivity (Wildman–Crippen MR) is 154 cm³/mol. The minimum absolute atomic E-state index is 0.112. The molecule has 0 saturated carbocycles. The number of ether oxygens (including phenoxy) is 2. The van der Waals surface area contributed by atoms with E-state index in [4.69, 9.17) is 9.47 Å². The van der Waals surface area contributed by atoms with Gasteiger partial charge in [0.25, 0.3) is 0 Å². The highest BCUT2D eigenvalue weighted by Crippen LogP contribution is 2.44. The van der Waals surface area contributed by atoms with Crippen LogP contribution in [0.4, 0.5) is 4.79 Å². The number of carbonyl (C=O) groups is 3. The number of aliphatic carboxylic acids is 1. The summed E-state index contributed by atoms with van der Waals surface area (Å²) in [6.07, 6.45) is -0.338. The molecule has 41 heavy (non-hydrogen) atoms. The normalized spacial score (nSPS) is 19.5. The van der Waals surface area contributed by atoms with Crippen LogP contribution < -0.4 is 5.32 Å². The molecule has 1 heterocycles. The van der Waals surface area contributed by atoms with Gasteiger partial charge in [-0.1, -0.05) is 78.9 Å². The molecule has 2 aliphatic rings. The Hall–Kier alpha value is -4.17. The lowest BCUT2D eigenvalue weighted by Gasteiger charge is -2.40. The Labute approximate surface area is 240 Å². The zero-order chi connectivity index (χ0) is 28.9. The van der Waals surface area contributed by atoms with E-state index in [9.17, 15) is 19.5 Å². The van der Waals surface area contributed by atoms with Crippen LogP contribution in [0.3, 0.4) is 0 Å². The van der Waals surface area contributed by atoms with Crippen LogP contribution in [0.25, 0.3) is 11.1 Å². The Bertz CT molecular complexity index is 1350. The fraction of sp³-hybridized carbons (Fsp3) is 0.364. The molecule has 1 fully saturated rings. The average Bonchev–Trinajstić information content (AvgIpc) is 3.31. The van der Waals surface area contributed by atoms with Crippen LogP contribution in [-0.4, -0.2) is 59.3 Å². The Morgan fingerprint density at radius 2 is 1.56 bits per heavy atom. The van der Waals surface area contributed by atoms with E-state index >= 15 is 0 Å². The molecule has 1 aliphatic carbocycles. The van der Waals surface area contributed by atoms with Gasteiger partial charge in [-0.3, -0.25) is 9.59 Å². The second-order valence-electron chi connectivity index (χ2n) is 10.8. The molecule has 2 N–H and O–H groups in total. The number of alkyl carbamates (subject to hydrolysis) is 1. The molecule has 3 aromatic carbocycles. The standard InChI is InChI=1S/C33H36N2O6/c1-21-24(32(37)38)17-10-18-35(21)31(36)30(22(2)40-19-23-11-4-3-5-12-23)34-33(39)41-20-29-27-15-8-6-13-25(27)26-14-7-9-16-28(26)29/h3-9,11-16,21-22,24,29-30H,10,17-20H2,1-2H3,(H,34,39)(H,37,38)/t21-,22+,24-,30-/m1/s1. The van der Waals surface area contributed by atoms with Gasteiger partial charge in [0, 0.05) is 18.5 Å². The molecule has 3 aromatic rings.